The monoisotopic (exact) mass is 264 g/mol. The lowest BCUT2D eigenvalue weighted by molar-refractivity contribution is 0.254. The smallest absolute Gasteiger partial charge is 0.224 e. The molecule has 0 radical (unpaired) electrons. The molecule has 0 saturated carbocycles. The summed E-state index contributed by atoms with van der Waals surface area (Å²) in [7, 11) is 0. The SMILES string of the molecule is CCNc1ncc(C)c(N2CCCCCC2CO)n1. The van der Waals surface area contributed by atoms with E-state index in [2.05, 4.69) is 20.2 Å². The van der Waals surface area contributed by atoms with Crippen molar-refractivity contribution < 1.29 is 5.11 Å². The standard InChI is InChI=1S/C14H24N4O/c1-3-15-14-16-9-11(2)13(17-14)18-8-6-4-5-7-12(18)10-19/h9,12,19H,3-8,10H2,1-2H3,(H,15,16,17). The second kappa shape index (κ2) is 6.70. The molecule has 5 heteroatoms. The average Bonchev–Trinajstić information content (AvgIpc) is 2.66. The molecule has 0 amide bonds. The summed E-state index contributed by atoms with van der Waals surface area (Å²) in [6.45, 7) is 6.04. The number of aliphatic hydroxyl groups is 1. The molecule has 1 unspecified atom stereocenters. The van der Waals surface area contributed by atoms with E-state index >= 15 is 0 Å². The number of anilines is 2. The zero-order valence-electron chi connectivity index (χ0n) is 11.9. The van der Waals surface area contributed by atoms with Crippen molar-refractivity contribution in [1.29, 1.82) is 0 Å². The number of rotatable bonds is 4. The van der Waals surface area contributed by atoms with E-state index in [1.807, 2.05) is 20.0 Å². The van der Waals surface area contributed by atoms with E-state index in [1.54, 1.807) is 0 Å². The van der Waals surface area contributed by atoms with Crippen molar-refractivity contribution in [2.24, 2.45) is 0 Å². The molecule has 19 heavy (non-hydrogen) atoms. The van der Waals surface area contributed by atoms with E-state index in [9.17, 15) is 5.11 Å². The molecule has 1 fully saturated rings. The number of hydrogen-bond acceptors (Lipinski definition) is 5. The van der Waals surface area contributed by atoms with Crippen LogP contribution in [-0.2, 0) is 0 Å². The van der Waals surface area contributed by atoms with Gasteiger partial charge in [-0.2, -0.15) is 4.98 Å². The maximum atomic E-state index is 9.61. The highest BCUT2D eigenvalue weighted by Crippen LogP contribution is 2.25. The van der Waals surface area contributed by atoms with Crippen LogP contribution in [0.15, 0.2) is 6.20 Å². The maximum absolute atomic E-state index is 9.61. The molecule has 2 heterocycles. The van der Waals surface area contributed by atoms with Crippen LogP contribution in [0.25, 0.3) is 0 Å². The molecule has 1 aromatic rings. The minimum Gasteiger partial charge on any atom is -0.394 e. The predicted octanol–water partition coefficient (Wildman–Crippen LogP) is 1.96. The van der Waals surface area contributed by atoms with Gasteiger partial charge in [-0.25, -0.2) is 4.98 Å². The van der Waals surface area contributed by atoms with Crippen molar-refractivity contribution in [1.82, 2.24) is 9.97 Å². The fraction of sp³-hybridized carbons (Fsp3) is 0.714. The number of aromatic nitrogens is 2. The summed E-state index contributed by atoms with van der Waals surface area (Å²) >= 11 is 0. The highest BCUT2D eigenvalue weighted by molar-refractivity contribution is 5.50. The molecule has 1 aromatic heterocycles. The predicted molar refractivity (Wildman–Crippen MR) is 77.6 cm³/mol. The van der Waals surface area contributed by atoms with Crippen LogP contribution in [0.3, 0.4) is 0 Å². The molecule has 0 bridgehead atoms. The lowest BCUT2D eigenvalue weighted by Crippen LogP contribution is -2.38. The summed E-state index contributed by atoms with van der Waals surface area (Å²) < 4.78 is 0. The third-order valence-corrected chi connectivity index (χ3v) is 3.64. The van der Waals surface area contributed by atoms with E-state index in [1.165, 1.54) is 12.8 Å². The zero-order chi connectivity index (χ0) is 13.7. The van der Waals surface area contributed by atoms with Crippen LogP contribution in [0.4, 0.5) is 11.8 Å². The first kappa shape index (κ1) is 14.1. The number of nitrogens with one attached hydrogen (secondary N) is 1. The van der Waals surface area contributed by atoms with Crippen LogP contribution in [0.2, 0.25) is 0 Å². The van der Waals surface area contributed by atoms with Crippen molar-refractivity contribution in [2.75, 3.05) is 29.9 Å². The molecule has 5 nitrogen and oxygen atoms in total. The van der Waals surface area contributed by atoms with Gasteiger partial charge in [-0.05, 0) is 26.7 Å². The summed E-state index contributed by atoms with van der Waals surface area (Å²) in [6.07, 6.45) is 6.48. The number of hydrogen-bond donors (Lipinski definition) is 2. The van der Waals surface area contributed by atoms with Gasteiger partial charge in [0.25, 0.3) is 0 Å². The fourth-order valence-corrected chi connectivity index (χ4v) is 2.61. The van der Waals surface area contributed by atoms with Gasteiger partial charge in [-0.3, -0.25) is 0 Å². The number of aliphatic hydroxyl groups excluding tert-OH is 1. The maximum Gasteiger partial charge on any atom is 0.224 e. The summed E-state index contributed by atoms with van der Waals surface area (Å²) in [5, 5.41) is 12.8. The Balaban J connectivity index is 2.28. The highest BCUT2D eigenvalue weighted by atomic mass is 16.3. The fourth-order valence-electron chi connectivity index (χ4n) is 2.61. The Bertz CT molecular complexity index is 410. The van der Waals surface area contributed by atoms with Crippen LogP contribution in [0.5, 0.6) is 0 Å². The molecule has 1 saturated heterocycles. The van der Waals surface area contributed by atoms with Crippen LogP contribution >= 0.6 is 0 Å². The molecule has 1 atom stereocenters. The average molecular weight is 264 g/mol. The van der Waals surface area contributed by atoms with Crippen LogP contribution < -0.4 is 10.2 Å². The van der Waals surface area contributed by atoms with Crippen LogP contribution in [0, 0.1) is 6.92 Å². The highest BCUT2D eigenvalue weighted by Gasteiger charge is 2.23. The second-order valence-corrected chi connectivity index (χ2v) is 5.11. The Morgan fingerprint density at radius 2 is 2.26 bits per heavy atom. The third-order valence-electron chi connectivity index (χ3n) is 3.64. The minimum absolute atomic E-state index is 0.186. The normalized spacial score (nSPS) is 20.2. The van der Waals surface area contributed by atoms with Gasteiger partial charge in [0.1, 0.15) is 5.82 Å². The molecule has 1 aliphatic heterocycles. The van der Waals surface area contributed by atoms with Crippen LogP contribution in [-0.4, -0.2) is 40.8 Å². The molecule has 1 aliphatic rings. The quantitative estimate of drug-likeness (QED) is 0.870. The molecular weight excluding hydrogens is 240 g/mol. The van der Waals surface area contributed by atoms with Gasteiger partial charge in [0, 0.05) is 24.8 Å². The Hall–Kier alpha value is -1.36. The molecular formula is C14H24N4O. The van der Waals surface area contributed by atoms with E-state index in [0.717, 1.165) is 37.3 Å². The van der Waals surface area contributed by atoms with Gasteiger partial charge in [-0.1, -0.05) is 12.8 Å². The molecule has 0 spiro atoms. The molecule has 0 aromatic carbocycles. The summed E-state index contributed by atoms with van der Waals surface area (Å²) in [6, 6.07) is 0.186. The van der Waals surface area contributed by atoms with Crippen molar-refractivity contribution in [2.45, 2.75) is 45.6 Å². The molecule has 2 rings (SSSR count). The Morgan fingerprint density at radius 1 is 1.42 bits per heavy atom. The molecule has 2 N–H and O–H groups in total. The third kappa shape index (κ3) is 3.35. The first-order valence-corrected chi connectivity index (χ1v) is 7.21. The van der Waals surface area contributed by atoms with E-state index in [0.29, 0.717) is 5.95 Å². The Morgan fingerprint density at radius 3 is 3.00 bits per heavy atom. The number of aryl methyl sites for hydroxylation is 1. The van der Waals surface area contributed by atoms with Gasteiger partial charge in [0.05, 0.1) is 12.6 Å². The van der Waals surface area contributed by atoms with Gasteiger partial charge in [0.2, 0.25) is 5.95 Å². The summed E-state index contributed by atoms with van der Waals surface area (Å²) in [5.41, 5.74) is 1.07. The Kier molecular flexibility index (Phi) is 4.96. The first-order chi connectivity index (χ1) is 9.26. The molecule has 106 valence electrons. The number of nitrogens with zero attached hydrogens (tertiary/aromatic N) is 3. The van der Waals surface area contributed by atoms with Crippen molar-refractivity contribution in [3.63, 3.8) is 0 Å². The van der Waals surface area contributed by atoms with E-state index in [-0.39, 0.29) is 12.6 Å². The Labute approximate surface area is 115 Å². The van der Waals surface area contributed by atoms with Crippen molar-refractivity contribution >= 4 is 11.8 Å². The van der Waals surface area contributed by atoms with Gasteiger partial charge >= 0.3 is 0 Å². The second-order valence-electron chi connectivity index (χ2n) is 5.11. The summed E-state index contributed by atoms with van der Waals surface area (Å²) in [4.78, 5) is 11.2. The molecule has 0 aliphatic carbocycles. The van der Waals surface area contributed by atoms with Crippen LogP contribution in [0.1, 0.15) is 38.2 Å². The van der Waals surface area contributed by atoms with Gasteiger partial charge in [0.15, 0.2) is 0 Å². The largest absolute Gasteiger partial charge is 0.394 e. The van der Waals surface area contributed by atoms with Crippen molar-refractivity contribution in [3.05, 3.63) is 11.8 Å². The lowest BCUT2D eigenvalue weighted by atomic mass is 10.1. The zero-order valence-corrected chi connectivity index (χ0v) is 11.9. The topological polar surface area (TPSA) is 61.3 Å². The van der Waals surface area contributed by atoms with E-state index in [4.69, 9.17) is 0 Å². The first-order valence-electron chi connectivity index (χ1n) is 7.21. The van der Waals surface area contributed by atoms with E-state index < -0.39 is 0 Å². The lowest BCUT2D eigenvalue weighted by Gasteiger charge is -2.31. The van der Waals surface area contributed by atoms with Gasteiger partial charge < -0.3 is 15.3 Å². The summed E-state index contributed by atoms with van der Waals surface area (Å²) in [5.74, 6) is 1.64. The minimum atomic E-state index is 0.186. The van der Waals surface area contributed by atoms with Gasteiger partial charge in [-0.15, -0.1) is 0 Å². The van der Waals surface area contributed by atoms with Crippen molar-refractivity contribution in [3.8, 4) is 0 Å².